The summed E-state index contributed by atoms with van der Waals surface area (Å²) in [5, 5.41) is 8.00. The van der Waals surface area contributed by atoms with Gasteiger partial charge in [0.05, 0.1) is 17.3 Å². The summed E-state index contributed by atoms with van der Waals surface area (Å²) in [5.74, 6) is 0.257. The number of H-pyrrole nitrogens is 1. The van der Waals surface area contributed by atoms with Crippen LogP contribution in [0.25, 0.3) is 0 Å². The van der Waals surface area contributed by atoms with E-state index in [2.05, 4.69) is 15.2 Å². The molecule has 3 aromatic rings. The van der Waals surface area contributed by atoms with Gasteiger partial charge in [0.2, 0.25) is 17.4 Å². The molecule has 10 heteroatoms. The summed E-state index contributed by atoms with van der Waals surface area (Å²) in [6.07, 6.45) is 1.56. The lowest BCUT2D eigenvalue weighted by Crippen LogP contribution is -2.32. The van der Waals surface area contributed by atoms with Gasteiger partial charge in [0.25, 0.3) is 0 Å². The van der Waals surface area contributed by atoms with Gasteiger partial charge in [-0.15, -0.1) is 16.9 Å². The summed E-state index contributed by atoms with van der Waals surface area (Å²) in [6.45, 7) is 0.367. The highest BCUT2D eigenvalue weighted by molar-refractivity contribution is 8.00. The quantitative estimate of drug-likeness (QED) is 0.579. The molecule has 0 atom stereocenters. The number of amides is 1. The van der Waals surface area contributed by atoms with Crippen LogP contribution in [0, 0.1) is 0 Å². The van der Waals surface area contributed by atoms with Gasteiger partial charge in [-0.25, -0.2) is 0 Å². The van der Waals surface area contributed by atoms with Crippen molar-refractivity contribution in [2.45, 2.75) is 18.0 Å². The fourth-order valence-corrected chi connectivity index (χ4v) is 3.42. The maximum absolute atomic E-state index is 12.8. The van der Waals surface area contributed by atoms with Crippen LogP contribution in [0.4, 0.5) is 6.01 Å². The minimum absolute atomic E-state index is 0.0631. The van der Waals surface area contributed by atoms with Crippen LogP contribution in [0.2, 0.25) is 5.02 Å². The van der Waals surface area contributed by atoms with Gasteiger partial charge in [-0.3, -0.25) is 9.59 Å². The number of hydrogen-bond donors (Lipinski definition) is 2. The van der Waals surface area contributed by atoms with Crippen LogP contribution in [0.5, 0.6) is 0 Å². The molecule has 0 aliphatic heterocycles. The summed E-state index contributed by atoms with van der Waals surface area (Å²) < 4.78 is 5.18. The minimum Gasteiger partial charge on any atom is -0.406 e. The third-order valence-electron chi connectivity index (χ3n) is 3.57. The second-order valence-corrected chi connectivity index (χ2v) is 6.99. The van der Waals surface area contributed by atoms with E-state index in [0.29, 0.717) is 5.02 Å². The zero-order valence-electron chi connectivity index (χ0n) is 14.1. The Balaban J connectivity index is 1.73. The fraction of sp³-hybridized carbons (Fsp3) is 0.176. The monoisotopic (exact) mass is 405 g/mol. The third-order valence-corrected chi connectivity index (χ3v) is 5.07. The Hall–Kier alpha value is -2.78. The van der Waals surface area contributed by atoms with Crippen molar-refractivity contribution in [3.05, 3.63) is 69.4 Å². The number of thioether (sulfide) groups is 1. The van der Waals surface area contributed by atoms with Crippen LogP contribution in [-0.2, 0) is 17.9 Å². The van der Waals surface area contributed by atoms with Crippen molar-refractivity contribution in [3.8, 4) is 0 Å². The Bertz CT molecular complexity index is 970. The van der Waals surface area contributed by atoms with Gasteiger partial charge in [-0.05, 0) is 17.7 Å². The normalized spacial score (nSPS) is 10.7. The molecule has 3 N–H and O–H groups in total. The minimum atomic E-state index is -0.212. The number of nitrogen functional groups attached to an aromatic ring is 1. The van der Waals surface area contributed by atoms with Crippen molar-refractivity contribution < 1.29 is 9.21 Å². The number of nitrogens with one attached hydrogen (secondary N) is 1. The van der Waals surface area contributed by atoms with Crippen molar-refractivity contribution in [3.63, 3.8) is 0 Å². The van der Waals surface area contributed by atoms with E-state index in [1.165, 1.54) is 17.8 Å². The number of rotatable bonds is 7. The lowest BCUT2D eigenvalue weighted by molar-refractivity contribution is -0.129. The SMILES string of the molecule is Nc1nnc(CN(Cc2ccc(=O)[nH]c2)C(=O)CSc2ccccc2Cl)o1. The van der Waals surface area contributed by atoms with Gasteiger partial charge < -0.3 is 20.0 Å². The molecular formula is C17H16ClN5O3S. The molecule has 0 bridgehead atoms. The van der Waals surface area contributed by atoms with Gasteiger partial charge in [-0.2, -0.15) is 0 Å². The lowest BCUT2D eigenvalue weighted by atomic mass is 10.2. The topological polar surface area (TPSA) is 118 Å². The van der Waals surface area contributed by atoms with E-state index < -0.39 is 0 Å². The van der Waals surface area contributed by atoms with Gasteiger partial charge in [0.15, 0.2) is 0 Å². The fourth-order valence-electron chi connectivity index (χ4n) is 2.28. The Kier molecular flexibility index (Phi) is 6.15. The van der Waals surface area contributed by atoms with E-state index in [9.17, 15) is 9.59 Å². The predicted octanol–water partition coefficient (Wildman–Crippen LogP) is 2.31. The van der Waals surface area contributed by atoms with E-state index in [-0.39, 0.29) is 42.2 Å². The lowest BCUT2D eigenvalue weighted by Gasteiger charge is -2.21. The summed E-state index contributed by atoms with van der Waals surface area (Å²) in [6, 6.07) is 10.3. The van der Waals surface area contributed by atoms with Gasteiger partial charge in [0.1, 0.15) is 0 Å². The van der Waals surface area contributed by atoms with Crippen molar-refractivity contribution in [2.75, 3.05) is 11.5 Å². The van der Waals surface area contributed by atoms with Crippen LogP contribution < -0.4 is 11.3 Å². The summed E-state index contributed by atoms with van der Waals surface area (Å²) in [5.41, 5.74) is 6.00. The molecule has 2 heterocycles. The first-order valence-electron chi connectivity index (χ1n) is 7.92. The molecule has 1 aromatic carbocycles. The average Bonchev–Trinajstić information content (AvgIpc) is 3.07. The van der Waals surface area contributed by atoms with Gasteiger partial charge in [0, 0.05) is 23.7 Å². The smallest absolute Gasteiger partial charge is 0.312 e. The van der Waals surface area contributed by atoms with Gasteiger partial charge in [-0.1, -0.05) is 34.9 Å². The van der Waals surface area contributed by atoms with Crippen molar-refractivity contribution in [1.29, 1.82) is 0 Å². The Morgan fingerprint density at radius 2 is 2.04 bits per heavy atom. The number of carbonyl (C=O) groups excluding carboxylic acids is 1. The summed E-state index contributed by atoms with van der Waals surface area (Å²) in [4.78, 5) is 29.0. The molecular weight excluding hydrogens is 390 g/mol. The van der Waals surface area contributed by atoms with E-state index in [1.54, 1.807) is 23.2 Å². The molecule has 1 amide bonds. The Morgan fingerprint density at radius 3 is 2.70 bits per heavy atom. The predicted molar refractivity (Wildman–Crippen MR) is 102 cm³/mol. The molecule has 2 aromatic heterocycles. The van der Waals surface area contributed by atoms with E-state index >= 15 is 0 Å². The van der Waals surface area contributed by atoms with E-state index in [1.807, 2.05) is 18.2 Å². The number of hydrogen-bond acceptors (Lipinski definition) is 7. The highest BCUT2D eigenvalue weighted by Crippen LogP contribution is 2.27. The van der Waals surface area contributed by atoms with Crippen LogP contribution in [0.3, 0.4) is 0 Å². The van der Waals surface area contributed by atoms with E-state index in [0.717, 1.165) is 10.5 Å². The number of carbonyl (C=O) groups is 1. The van der Waals surface area contributed by atoms with E-state index in [4.69, 9.17) is 21.8 Å². The average molecular weight is 406 g/mol. The number of nitrogens with two attached hydrogens (primary N) is 1. The first-order valence-corrected chi connectivity index (χ1v) is 9.28. The Morgan fingerprint density at radius 1 is 1.22 bits per heavy atom. The van der Waals surface area contributed by atoms with Crippen molar-refractivity contribution in [1.82, 2.24) is 20.1 Å². The second-order valence-electron chi connectivity index (χ2n) is 5.56. The molecule has 0 saturated carbocycles. The molecule has 0 aliphatic rings. The second kappa shape index (κ2) is 8.74. The van der Waals surface area contributed by atoms with Crippen LogP contribution in [0.1, 0.15) is 11.5 Å². The Labute approximate surface area is 163 Å². The number of nitrogens with zero attached hydrogens (tertiary/aromatic N) is 3. The summed E-state index contributed by atoms with van der Waals surface area (Å²) >= 11 is 7.48. The van der Waals surface area contributed by atoms with Crippen LogP contribution in [-0.4, -0.2) is 31.7 Å². The number of benzene rings is 1. The molecule has 0 saturated heterocycles. The van der Waals surface area contributed by atoms with Crippen LogP contribution in [0.15, 0.2) is 56.7 Å². The molecule has 27 heavy (non-hydrogen) atoms. The first-order chi connectivity index (χ1) is 13.0. The van der Waals surface area contributed by atoms with Crippen LogP contribution >= 0.6 is 23.4 Å². The molecule has 0 unspecified atom stereocenters. The number of aromatic amines is 1. The number of halogens is 1. The number of anilines is 1. The largest absolute Gasteiger partial charge is 0.406 e. The molecule has 0 radical (unpaired) electrons. The standard InChI is InChI=1S/C17H16ClN5O3S/c18-12-3-1-2-4-13(12)27-10-16(25)23(9-15-21-22-17(19)26-15)8-11-5-6-14(24)20-7-11/h1-7H,8-10H2,(H2,19,22)(H,20,24). The zero-order chi connectivity index (χ0) is 19.2. The molecule has 0 fully saturated rings. The molecule has 3 rings (SSSR count). The highest BCUT2D eigenvalue weighted by atomic mass is 35.5. The summed E-state index contributed by atoms with van der Waals surface area (Å²) in [7, 11) is 0. The molecule has 0 aliphatic carbocycles. The maximum atomic E-state index is 12.8. The molecule has 8 nitrogen and oxygen atoms in total. The maximum Gasteiger partial charge on any atom is 0.312 e. The number of aromatic nitrogens is 3. The zero-order valence-corrected chi connectivity index (χ0v) is 15.7. The highest BCUT2D eigenvalue weighted by Gasteiger charge is 2.18. The van der Waals surface area contributed by atoms with Crippen molar-refractivity contribution in [2.24, 2.45) is 0 Å². The first kappa shape index (κ1) is 19.0. The van der Waals surface area contributed by atoms with Gasteiger partial charge >= 0.3 is 6.01 Å². The molecule has 0 spiro atoms. The molecule has 140 valence electrons. The van der Waals surface area contributed by atoms with Crippen molar-refractivity contribution >= 4 is 35.3 Å². The number of pyridine rings is 1. The third kappa shape index (κ3) is 5.35.